The molecule has 0 spiro atoms. The molecule has 0 fully saturated rings. The summed E-state index contributed by atoms with van der Waals surface area (Å²) >= 11 is 0. The lowest BCUT2D eigenvalue weighted by molar-refractivity contribution is -0.0498. The third-order valence-corrected chi connectivity index (χ3v) is 4.42. The Hall–Kier alpha value is -2.74. The van der Waals surface area contributed by atoms with Crippen molar-refractivity contribution in [1.82, 2.24) is 10.3 Å². The van der Waals surface area contributed by atoms with Crippen LogP contribution < -0.4 is 21.3 Å². The number of fused-ring (bicyclic) bond motifs is 1. The number of hydrogen-bond acceptors (Lipinski definition) is 4. The van der Waals surface area contributed by atoms with Crippen LogP contribution in [-0.4, -0.2) is 17.5 Å². The standard InChI is InChI=1S/C18H19F2N3O3/c19-18(20)26-11-6-4-10(5-7-11)9-22-14-2-1-3-15-12(14)8-13(16(21)24)17(25)23-15/h4-8,14,18,22H,1-3,9H2,(H2,21,24)(H,23,25). The van der Waals surface area contributed by atoms with Crippen LogP contribution in [0.2, 0.25) is 0 Å². The summed E-state index contributed by atoms with van der Waals surface area (Å²) in [4.78, 5) is 26.1. The number of aromatic nitrogens is 1. The van der Waals surface area contributed by atoms with Crippen molar-refractivity contribution in [2.24, 2.45) is 5.73 Å². The lowest BCUT2D eigenvalue weighted by Gasteiger charge is -2.26. The predicted octanol–water partition coefficient (Wildman–Crippen LogP) is 2.24. The smallest absolute Gasteiger partial charge is 0.387 e. The third kappa shape index (κ3) is 4.08. The molecular weight excluding hydrogens is 344 g/mol. The second-order valence-corrected chi connectivity index (χ2v) is 6.16. The number of carbonyl (C=O) groups is 1. The highest BCUT2D eigenvalue weighted by Crippen LogP contribution is 2.28. The van der Waals surface area contributed by atoms with E-state index in [1.165, 1.54) is 12.1 Å². The minimum atomic E-state index is -2.85. The highest BCUT2D eigenvalue weighted by atomic mass is 19.3. The molecule has 0 saturated heterocycles. The Labute approximate surface area is 148 Å². The first-order valence-electron chi connectivity index (χ1n) is 8.27. The molecule has 1 aromatic carbocycles. The second-order valence-electron chi connectivity index (χ2n) is 6.16. The van der Waals surface area contributed by atoms with E-state index in [0.29, 0.717) is 6.54 Å². The van der Waals surface area contributed by atoms with Gasteiger partial charge in [0.05, 0.1) is 0 Å². The number of nitrogens with one attached hydrogen (secondary N) is 2. The van der Waals surface area contributed by atoms with E-state index in [2.05, 4.69) is 15.0 Å². The van der Waals surface area contributed by atoms with Gasteiger partial charge in [0.25, 0.3) is 11.5 Å². The molecule has 1 aliphatic rings. The average molecular weight is 363 g/mol. The van der Waals surface area contributed by atoms with Gasteiger partial charge in [0, 0.05) is 18.3 Å². The molecule has 1 amide bonds. The number of aromatic amines is 1. The number of hydrogen-bond donors (Lipinski definition) is 3. The number of benzene rings is 1. The molecule has 1 aliphatic carbocycles. The summed E-state index contributed by atoms with van der Waals surface area (Å²) in [6, 6.07) is 7.91. The molecule has 1 atom stereocenters. The molecule has 0 bridgehead atoms. The summed E-state index contributed by atoms with van der Waals surface area (Å²) in [6.45, 7) is -2.34. The third-order valence-electron chi connectivity index (χ3n) is 4.42. The van der Waals surface area contributed by atoms with Crippen LogP contribution in [-0.2, 0) is 13.0 Å². The van der Waals surface area contributed by atoms with Gasteiger partial charge < -0.3 is 20.8 Å². The normalized spacial score (nSPS) is 16.3. The number of ether oxygens (including phenoxy) is 1. The van der Waals surface area contributed by atoms with Crippen molar-refractivity contribution >= 4 is 5.91 Å². The summed E-state index contributed by atoms with van der Waals surface area (Å²) in [5, 5.41) is 3.38. The predicted molar refractivity (Wildman–Crippen MR) is 91.2 cm³/mol. The highest BCUT2D eigenvalue weighted by Gasteiger charge is 2.23. The van der Waals surface area contributed by atoms with Gasteiger partial charge in [0.2, 0.25) is 0 Å². The molecule has 0 saturated carbocycles. The van der Waals surface area contributed by atoms with Crippen molar-refractivity contribution in [3.63, 3.8) is 0 Å². The molecule has 138 valence electrons. The number of nitrogens with two attached hydrogens (primary N) is 1. The maximum atomic E-state index is 12.2. The first kappa shape index (κ1) is 18.1. The monoisotopic (exact) mass is 363 g/mol. The zero-order chi connectivity index (χ0) is 18.7. The number of rotatable bonds is 6. The van der Waals surface area contributed by atoms with Gasteiger partial charge >= 0.3 is 6.61 Å². The van der Waals surface area contributed by atoms with Gasteiger partial charge in [-0.15, -0.1) is 0 Å². The Morgan fingerprint density at radius 3 is 2.73 bits per heavy atom. The van der Waals surface area contributed by atoms with E-state index in [1.807, 2.05) is 0 Å². The molecule has 1 aromatic heterocycles. The van der Waals surface area contributed by atoms with Crippen LogP contribution in [0.25, 0.3) is 0 Å². The SMILES string of the molecule is NC(=O)c1cc2c([nH]c1=O)CCCC2NCc1ccc(OC(F)F)cc1. The van der Waals surface area contributed by atoms with Crippen LogP contribution in [0.5, 0.6) is 5.75 Å². The molecule has 4 N–H and O–H groups in total. The summed E-state index contributed by atoms with van der Waals surface area (Å²) < 4.78 is 28.7. The average Bonchev–Trinajstić information content (AvgIpc) is 2.59. The van der Waals surface area contributed by atoms with Crippen molar-refractivity contribution in [2.75, 3.05) is 0 Å². The molecule has 0 aliphatic heterocycles. The topological polar surface area (TPSA) is 97.2 Å². The number of aryl methyl sites for hydroxylation is 1. The quantitative estimate of drug-likeness (QED) is 0.733. The largest absolute Gasteiger partial charge is 0.435 e. The van der Waals surface area contributed by atoms with Crippen molar-refractivity contribution in [1.29, 1.82) is 0 Å². The number of primary amides is 1. The van der Waals surface area contributed by atoms with E-state index >= 15 is 0 Å². The van der Waals surface area contributed by atoms with E-state index in [4.69, 9.17) is 5.73 Å². The molecule has 0 radical (unpaired) electrons. The van der Waals surface area contributed by atoms with Crippen molar-refractivity contribution in [3.8, 4) is 5.75 Å². The fraction of sp³-hybridized carbons (Fsp3) is 0.333. The van der Waals surface area contributed by atoms with E-state index in [1.54, 1.807) is 18.2 Å². The van der Waals surface area contributed by atoms with E-state index in [9.17, 15) is 18.4 Å². The van der Waals surface area contributed by atoms with Crippen LogP contribution in [0.3, 0.4) is 0 Å². The summed E-state index contributed by atoms with van der Waals surface area (Å²) in [5.41, 5.74) is 7.32. The Balaban J connectivity index is 1.73. The van der Waals surface area contributed by atoms with Crippen LogP contribution in [0.1, 0.15) is 46.1 Å². The molecule has 26 heavy (non-hydrogen) atoms. The Kier molecular flexibility index (Phi) is 5.32. The zero-order valence-electron chi connectivity index (χ0n) is 13.9. The van der Waals surface area contributed by atoms with E-state index in [0.717, 1.165) is 36.1 Å². The molecule has 8 heteroatoms. The van der Waals surface area contributed by atoms with Crippen molar-refractivity contribution in [2.45, 2.75) is 38.5 Å². The Morgan fingerprint density at radius 2 is 2.08 bits per heavy atom. The van der Waals surface area contributed by atoms with Crippen LogP contribution >= 0.6 is 0 Å². The van der Waals surface area contributed by atoms with Gasteiger partial charge in [0.1, 0.15) is 11.3 Å². The summed E-state index contributed by atoms with van der Waals surface area (Å²) in [7, 11) is 0. The minimum absolute atomic E-state index is 0.0364. The molecule has 6 nitrogen and oxygen atoms in total. The molecule has 1 unspecified atom stereocenters. The molecule has 2 aromatic rings. The first-order valence-corrected chi connectivity index (χ1v) is 8.27. The van der Waals surface area contributed by atoms with Gasteiger partial charge in [-0.3, -0.25) is 9.59 Å². The van der Waals surface area contributed by atoms with Crippen LogP contribution in [0, 0.1) is 0 Å². The number of halogens is 2. The summed E-state index contributed by atoms with van der Waals surface area (Å²) in [6.07, 6.45) is 2.49. The van der Waals surface area contributed by atoms with Gasteiger partial charge in [-0.25, -0.2) is 0 Å². The molecule has 3 rings (SSSR count). The number of amides is 1. The van der Waals surface area contributed by atoms with Gasteiger partial charge in [0.15, 0.2) is 0 Å². The molecule has 1 heterocycles. The van der Waals surface area contributed by atoms with Crippen LogP contribution in [0.15, 0.2) is 35.1 Å². The fourth-order valence-electron chi connectivity index (χ4n) is 3.17. The second kappa shape index (κ2) is 7.65. The number of H-pyrrole nitrogens is 1. The first-order chi connectivity index (χ1) is 12.4. The lowest BCUT2D eigenvalue weighted by atomic mass is 9.90. The maximum absolute atomic E-state index is 12.2. The number of pyridine rings is 1. The Morgan fingerprint density at radius 1 is 1.35 bits per heavy atom. The van der Waals surface area contributed by atoms with E-state index < -0.39 is 18.1 Å². The highest BCUT2D eigenvalue weighted by molar-refractivity contribution is 5.92. The fourth-order valence-corrected chi connectivity index (χ4v) is 3.17. The lowest BCUT2D eigenvalue weighted by Crippen LogP contribution is -2.31. The van der Waals surface area contributed by atoms with Gasteiger partial charge in [-0.05, 0) is 48.6 Å². The minimum Gasteiger partial charge on any atom is -0.435 e. The Bertz CT molecular complexity index is 850. The zero-order valence-corrected chi connectivity index (χ0v) is 13.9. The maximum Gasteiger partial charge on any atom is 0.387 e. The van der Waals surface area contributed by atoms with Gasteiger partial charge in [-0.1, -0.05) is 12.1 Å². The van der Waals surface area contributed by atoms with Crippen molar-refractivity contribution < 1.29 is 18.3 Å². The number of alkyl halides is 2. The van der Waals surface area contributed by atoms with Crippen molar-refractivity contribution in [3.05, 3.63) is 63.1 Å². The number of carbonyl (C=O) groups excluding carboxylic acids is 1. The molecular formula is C18H19F2N3O3. The summed E-state index contributed by atoms with van der Waals surface area (Å²) in [5.74, 6) is -0.650. The van der Waals surface area contributed by atoms with Crippen LogP contribution in [0.4, 0.5) is 8.78 Å². The van der Waals surface area contributed by atoms with Gasteiger partial charge in [-0.2, -0.15) is 8.78 Å². The van der Waals surface area contributed by atoms with E-state index in [-0.39, 0.29) is 17.4 Å².